The molecule has 2 saturated heterocycles. The highest BCUT2D eigenvalue weighted by Gasteiger charge is 2.52. The summed E-state index contributed by atoms with van der Waals surface area (Å²) in [5, 5.41) is 15.6. The van der Waals surface area contributed by atoms with Gasteiger partial charge in [-0.3, -0.25) is 19.3 Å². The summed E-state index contributed by atoms with van der Waals surface area (Å²) in [5.41, 5.74) is 1.63. The van der Waals surface area contributed by atoms with Gasteiger partial charge in [0.05, 0.1) is 16.5 Å². The fraction of sp³-hybridized carbons (Fsp3) is 0.522. The van der Waals surface area contributed by atoms with Crippen molar-refractivity contribution >= 4 is 32.7 Å². The number of likely N-dealkylation sites (tertiary alicyclic amines) is 1. The molecular weight excluding hydrogens is 462 g/mol. The Morgan fingerprint density at radius 3 is 2.21 bits per heavy atom. The zero-order valence-electron chi connectivity index (χ0n) is 20.1. The smallest absolute Gasteiger partial charge is 0.300 e. The summed E-state index contributed by atoms with van der Waals surface area (Å²) in [6, 6.07) is 9.84. The van der Waals surface area contributed by atoms with E-state index in [9.17, 15) is 13.2 Å². The minimum atomic E-state index is -3.06. The van der Waals surface area contributed by atoms with E-state index in [1.807, 2.05) is 49.3 Å². The number of fused-ring (bicyclic) bond motifs is 2. The second-order valence-electron chi connectivity index (χ2n) is 8.89. The lowest BCUT2D eigenvalue weighted by Gasteiger charge is -2.25. The lowest BCUT2D eigenvalue weighted by atomic mass is 10.00. The van der Waals surface area contributed by atoms with Gasteiger partial charge in [0.25, 0.3) is 17.5 Å². The lowest BCUT2D eigenvalue weighted by molar-refractivity contribution is -0.135. The van der Waals surface area contributed by atoms with Crippen molar-refractivity contribution in [2.75, 3.05) is 32.9 Å². The number of nitrogens with zero attached hydrogens (tertiary/aromatic N) is 3. The van der Waals surface area contributed by atoms with Gasteiger partial charge in [0.15, 0.2) is 9.84 Å². The Morgan fingerprint density at radius 2 is 1.65 bits per heavy atom. The predicted octanol–water partition coefficient (Wildman–Crippen LogP) is 0.879. The number of hydrogen-bond acceptors (Lipinski definition) is 7. The Bertz CT molecular complexity index is 1190. The molecule has 3 atom stereocenters. The molecule has 4 rings (SSSR count). The summed E-state index contributed by atoms with van der Waals surface area (Å²) >= 11 is 0. The van der Waals surface area contributed by atoms with Crippen molar-refractivity contribution in [3.05, 3.63) is 46.2 Å². The van der Waals surface area contributed by atoms with E-state index in [1.165, 1.54) is 0 Å². The number of carbonyl (C=O) groups is 2. The van der Waals surface area contributed by atoms with Crippen LogP contribution >= 0.6 is 0 Å². The van der Waals surface area contributed by atoms with Crippen molar-refractivity contribution in [2.24, 2.45) is 13.0 Å². The molecule has 0 bridgehead atoms. The fourth-order valence-corrected chi connectivity index (χ4v) is 7.13. The van der Waals surface area contributed by atoms with Gasteiger partial charge in [0, 0.05) is 58.1 Å². The zero-order chi connectivity index (χ0) is 25.8. The van der Waals surface area contributed by atoms with Crippen molar-refractivity contribution < 1.29 is 28.2 Å². The molecule has 2 aliphatic rings. The number of sulfone groups is 1. The van der Waals surface area contributed by atoms with E-state index in [2.05, 4.69) is 4.90 Å². The van der Waals surface area contributed by atoms with E-state index < -0.39 is 21.8 Å². The number of hydrogen-bond donors (Lipinski definition) is 2. The lowest BCUT2D eigenvalue weighted by Crippen LogP contribution is -2.37. The van der Waals surface area contributed by atoms with Crippen LogP contribution in [0, 0.1) is 5.92 Å². The monoisotopic (exact) mass is 495 g/mol. The Labute approximate surface area is 199 Å². The number of para-hydroxylation sites is 1. The third-order valence-corrected chi connectivity index (χ3v) is 8.24. The molecule has 10 nitrogen and oxygen atoms in total. The highest BCUT2D eigenvalue weighted by Crippen LogP contribution is 2.36. The molecular formula is C23H33N3O7S. The first kappa shape index (κ1) is 27.5. The molecule has 0 aliphatic carbocycles. The van der Waals surface area contributed by atoms with Crippen molar-refractivity contribution in [1.82, 2.24) is 14.4 Å². The van der Waals surface area contributed by atoms with Gasteiger partial charge >= 0.3 is 0 Å². The van der Waals surface area contributed by atoms with Gasteiger partial charge < -0.3 is 19.7 Å². The number of aromatic nitrogens is 1. The van der Waals surface area contributed by atoms with Crippen LogP contribution in [0.4, 0.5) is 0 Å². The molecule has 0 spiro atoms. The van der Waals surface area contributed by atoms with Crippen LogP contribution in [-0.2, 0) is 33.0 Å². The molecule has 2 aromatic rings. The SMILES string of the molecule is CC(=O)O.CC(=O)O.CN(C)[C@@H]1CS(=O)(=O)[C@H]2CN(Cc3cc4ccccc4n(C)c3=O)C[C@@H]12. The van der Waals surface area contributed by atoms with Gasteiger partial charge in [-0.15, -0.1) is 0 Å². The van der Waals surface area contributed by atoms with E-state index in [0.717, 1.165) is 36.9 Å². The normalized spacial score (nSPS) is 22.9. The van der Waals surface area contributed by atoms with Gasteiger partial charge in [-0.1, -0.05) is 18.2 Å². The Hall–Kier alpha value is -2.76. The number of aryl methyl sites for hydroxylation is 1. The minimum Gasteiger partial charge on any atom is -0.481 e. The zero-order valence-corrected chi connectivity index (χ0v) is 20.9. The Balaban J connectivity index is 0.000000446. The predicted molar refractivity (Wildman–Crippen MR) is 130 cm³/mol. The first-order valence-electron chi connectivity index (χ1n) is 10.8. The molecule has 3 heterocycles. The largest absolute Gasteiger partial charge is 0.481 e. The van der Waals surface area contributed by atoms with Crippen LogP contribution in [0.5, 0.6) is 0 Å². The number of rotatable bonds is 3. The van der Waals surface area contributed by atoms with Gasteiger partial charge in [0.2, 0.25) is 0 Å². The maximum absolute atomic E-state index is 12.7. The van der Waals surface area contributed by atoms with Crippen LogP contribution in [-0.4, -0.2) is 89.2 Å². The van der Waals surface area contributed by atoms with E-state index >= 15 is 0 Å². The molecule has 2 N–H and O–H groups in total. The second-order valence-corrected chi connectivity index (χ2v) is 11.2. The Kier molecular flexibility index (Phi) is 8.98. The van der Waals surface area contributed by atoms with E-state index in [0.29, 0.717) is 13.1 Å². The number of benzene rings is 1. The molecule has 1 aromatic heterocycles. The number of aliphatic carboxylic acids is 2. The van der Waals surface area contributed by atoms with Gasteiger partial charge in [0.1, 0.15) is 0 Å². The summed E-state index contributed by atoms with van der Waals surface area (Å²) in [6.07, 6.45) is 0. The van der Waals surface area contributed by atoms with Gasteiger partial charge in [-0.05, 0) is 31.6 Å². The van der Waals surface area contributed by atoms with Crippen LogP contribution in [0.3, 0.4) is 0 Å². The van der Waals surface area contributed by atoms with Crippen molar-refractivity contribution in [2.45, 2.75) is 31.7 Å². The average Bonchev–Trinajstić information content (AvgIpc) is 3.23. The van der Waals surface area contributed by atoms with E-state index in [4.69, 9.17) is 19.8 Å². The van der Waals surface area contributed by atoms with Crippen LogP contribution in [0.25, 0.3) is 10.9 Å². The summed E-state index contributed by atoms with van der Waals surface area (Å²) in [4.78, 5) is 34.9. The van der Waals surface area contributed by atoms with Gasteiger partial charge in [-0.2, -0.15) is 0 Å². The topological polar surface area (TPSA) is 137 Å². The standard InChI is InChI=1S/C19H25N3O3S.2C2H4O2/c1-20(2)17-12-26(24,25)18-11-22(10-15(17)18)9-14-8-13-6-4-5-7-16(13)21(3)19(14)23;2*1-2(3)4/h4-8,15,17-18H,9-12H2,1-3H3;2*1H3,(H,3,4)/t15-,17+,18-;;/m0../s1. The summed E-state index contributed by atoms with van der Waals surface area (Å²) in [7, 11) is 2.63. The first-order chi connectivity index (χ1) is 15.7. The summed E-state index contributed by atoms with van der Waals surface area (Å²) < 4.78 is 26.7. The highest BCUT2D eigenvalue weighted by atomic mass is 32.2. The maximum atomic E-state index is 12.7. The average molecular weight is 496 g/mol. The summed E-state index contributed by atoms with van der Waals surface area (Å²) in [5.74, 6) is -1.29. The molecule has 0 amide bonds. The van der Waals surface area contributed by atoms with Crippen LogP contribution in [0.15, 0.2) is 35.1 Å². The molecule has 0 unspecified atom stereocenters. The van der Waals surface area contributed by atoms with Crippen molar-refractivity contribution in [3.63, 3.8) is 0 Å². The summed E-state index contributed by atoms with van der Waals surface area (Å²) in [6.45, 7) is 3.91. The fourth-order valence-electron chi connectivity index (χ4n) is 4.62. The number of carboxylic acid groups (broad SMARTS) is 2. The first-order valence-corrected chi connectivity index (χ1v) is 12.5. The Morgan fingerprint density at radius 1 is 1.09 bits per heavy atom. The number of carboxylic acids is 2. The third kappa shape index (κ3) is 6.64. The van der Waals surface area contributed by atoms with Crippen LogP contribution < -0.4 is 5.56 Å². The van der Waals surface area contributed by atoms with E-state index in [-0.39, 0.29) is 28.5 Å². The molecule has 0 saturated carbocycles. The maximum Gasteiger partial charge on any atom is 0.300 e. The molecule has 2 fully saturated rings. The second kappa shape index (κ2) is 11.1. The molecule has 0 radical (unpaired) electrons. The molecule has 11 heteroatoms. The van der Waals surface area contributed by atoms with Crippen molar-refractivity contribution in [3.8, 4) is 0 Å². The molecule has 2 aliphatic heterocycles. The molecule has 1 aromatic carbocycles. The van der Waals surface area contributed by atoms with E-state index in [1.54, 1.807) is 11.6 Å². The van der Waals surface area contributed by atoms with Crippen LogP contribution in [0.1, 0.15) is 19.4 Å². The quantitative estimate of drug-likeness (QED) is 0.635. The third-order valence-electron chi connectivity index (χ3n) is 6.01. The molecule has 34 heavy (non-hydrogen) atoms. The minimum absolute atomic E-state index is 0.00669. The van der Waals surface area contributed by atoms with Crippen molar-refractivity contribution in [1.29, 1.82) is 0 Å². The molecule has 188 valence electrons. The van der Waals surface area contributed by atoms with Gasteiger partial charge in [-0.25, -0.2) is 8.42 Å². The van der Waals surface area contributed by atoms with Crippen LogP contribution in [0.2, 0.25) is 0 Å². The highest BCUT2D eigenvalue weighted by molar-refractivity contribution is 7.92. The number of pyridine rings is 1.